The van der Waals surface area contributed by atoms with Crippen LogP contribution < -0.4 is 10.6 Å². The maximum Gasteiger partial charge on any atom is 0.492 e. The molecule has 0 bridgehead atoms. The van der Waals surface area contributed by atoms with E-state index in [1.165, 1.54) is 55.6 Å². The van der Waals surface area contributed by atoms with Crippen LogP contribution in [-0.4, -0.2) is 88.7 Å². The molecule has 0 saturated carbocycles. The molecule has 46 heavy (non-hydrogen) atoms. The van der Waals surface area contributed by atoms with E-state index in [0.717, 1.165) is 0 Å². The summed E-state index contributed by atoms with van der Waals surface area (Å²) in [7, 11) is 1.25. The zero-order valence-corrected chi connectivity index (χ0v) is 23.6. The summed E-state index contributed by atoms with van der Waals surface area (Å²) in [6.07, 6.45) is -7.66. The van der Waals surface area contributed by atoms with Gasteiger partial charge in [0.2, 0.25) is 11.9 Å². The molecule has 1 aliphatic heterocycles. The van der Waals surface area contributed by atoms with Crippen molar-refractivity contribution in [3.63, 3.8) is 0 Å². The third-order valence-corrected chi connectivity index (χ3v) is 5.87. The number of non-ortho nitro benzene ring substituents is 2. The van der Waals surface area contributed by atoms with Crippen LogP contribution >= 0.6 is 0 Å². The molecule has 1 aliphatic rings. The van der Waals surface area contributed by atoms with Gasteiger partial charge in [-0.1, -0.05) is 0 Å². The van der Waals surface area contributed by atoms with Gasteiger partial charge in [0, 0.05) is 31.3 Å². The van der Waals surface area contributed by atoms with Crippen LogP contribution in [0.4, 0.5) is 34.1 Å². The second kappa shape index (κ2) is 15.2. The number of hydrogen-bond donors (Lipinski definition) is 2. The fraction of sp³-hybridized carbons (Fsp3) is 0.320. The SMILES string of the molecule is CNC(=NC(=O)OCc1ccc([N+](=O)[O-])cc1)N(CC(=O)NC1CN(OC(=O)C(F)(F)F)C1)C(=O)OCc1ccc([N+](=O)[O-])cc1. The van der Waals surface area contributed by atoms with Crippen molar-refractivity contribution in [3.05, 3.63) is 79.9 Å². The minimum Gasteiger partial charge on any atom is -0.444 e. The van der Waals surface area contributed by atoms with E-state index in [-0.39, 0.29) is 31.1 Å². The highest BCUT2D eigenvalue weighted by molar-refractivity contribution is 6.01. The monoisotopic (exact) mass is 655 g/mol. The summed E-state index contributed by atoms with van der Waals surface area (Å²) < 4.78 is 47.3. The number of aliphatic imine (C=N–C) groups is 1. The predicted octanol–water partition coefficient (Wildman–Crippen LogP) is 2.17. The van der Waals surface area contributed by atoms with Crippen molar-refractivity contribution in [2.75, 3.05) is 26.7 Å². The van der Waals surface area contributed by atoms with Crippen molar-refractivity contribution >= 4 is 41.4 Å². The third kappa shape index (κ3) is 10.1. The molecule has 0 radical (unpaired) electrons. The number of benzene rings is 2. The van der Waals surface area contributed by atoms with Crippen LogP contribution in [0.3, 0.4) is 0 Å². The van der Waals surface area contributed by atoms with E-state index < -0.39 is 65.2 Å². The van der Waals surface area contributed by atoms with Gasteiger partial charge in [0.05, 0.1) is 29.0 Å². The first kappa shape index (κ1) is 34.6. The van der Waals surface area contributed by atoms with Crippen LogP contribution in [0.15, 0.2) is 53.5 Å². The summed E-state index contributed by atoms with van der Waals surface area (Å²) in [5.41, 5.74) is 0.294. The van der Waals surface area contributed by atoms with Crippen LogP contribution in [0.25, 0.3) is 0 Å². The Morgan fingerprint density at radius 3 is 1.89 bits per heavy atom. The second-order valence-corrected chi connectivity index (χ2v) is 9.22. The molecule has 1 fully saturated rings. The normalized spacial score (nSPS) is 13.5. The number of hydroxylamine groups is 2. The minimum absolute atomic E-state index is 0.191. The van der Waals surface area contributed by atoms with E-state index in [2.05, 4.69) is 20.5 Å². The topological polar surface area (TPSA) is 225 Å². The zero-order valence-electron chi connectivity index (χ0n) is 23.6. The Labute approximate surface area is 255 Å². The Kier molecular flexibility index (Phi) is 11.5. The van der Waals surface area contributed by atoms with E-state index in [0.29, 0.717) is 21.1 Å². The molecule has 246 valence electrons. The lowest BCUT2D eigenvalue weighted by atomic mass is 10.2. The molecule has 1 saturated heterocycles. The standard InChI is InChI=1S/C25H24F3N7O11/c1-29-22(31-23(38)44-13-15-2-6-18(7-3-15)34(40)41)33(24(39)45-14-16-4-8-19(9-5-16)35(42)43)12-20(36)30-17-10-32(11-17)46-21(37)25(26,27)28/h2-9,17H,10-14H2,1H3,(H,30,36)(H,29,31,38). The van der Waals surface area contributed by atoms with Gasteiger partial charge in [-0.2, -0.15) is 13.2 Å². The van der Waals surface area contributed by atoms with Gasteiger partial charge < -0.3 is 24.9 Å². The number of carbonyl (C=O) groups is 4. The Morgan fingerprint density at radius 2 is 1.43 bits per heavy atom. The first-order valence-corrected chi connectivity index (χ1v) is 12.8. The molecule has 3 rings (SSSR count). The van der Waals surface area contributed by atoms with Gasteiger partial charge in [0.15, 0.2) is 0 Å². The average Bonchev–Trinajstić information content (AvgIpc) is 2.99. The van der Waals surface area contributed by atoms with Crippen LogP contribution in [0, 0.1) is 20.2 Å². The lowest BCUT2D eigenvalue weighted by molar-refractivity contribution is -0.385. The van der Waals surface area contributed by atoms with E-state index >= 15 is 0 Å². The van der Waals surface area contributed by atoms with Gasteiger partial charge in [0.1, 0.15) is 19.8 Å². The van der Waals surface area contributed by atoms with Crippen molar-refractivity contribution in [1.29, 1.82) is 0 Å². The van der Waals surface area contributed by atoms with Gasteiger partial charge in [-0.25, -0.2) is 19.3 Å². The molecule has 0 spiro atoms. The second-order valence-electron chi connectivity index (χ2n) is 9.22. The minimum atomic E-state index is -5.21. The van der Waals surface area contributed by atoms with Crippen LogP contribution in [0.2, 0.25) is 0 Å². The molecule has 0 aromatic heterocycles. The van der Waals surface area contributed by atoms with Gasteiger partial charge in [-0.15, -0.1) is 10.1 Å². The van der Waals surface area contributed by atoms with E-state index in [9.17, 15) is 52.6 Å². The number of guanidine groups is 1. The van der Waals surface area contributed by atoms with Crippen LogP contribution in [0.5, 0.6) is 0 Å². The van der Waals surface area contributed by atoms with Crippen LogP contribution in [0.1, 0.15) is 11.1 Å². The lowest BCUT2D eigenvalue weighted by Crippen LogP contribution is -2.61. The number of alkyl halides is 3. The van der Waals surface area contributed by atoms with Gasteiger partial charge in [-0.05, 0) is 35.4 Å². The molecular formula is C25H24F3N7O11. The number of nitrogens with one attached hydrogen (secondary N) is 2. The molecule has 2 aromatic carbocycles. The number of nitrogens with zero attached hydrogens (tertiary/aromatic N) is 5. The van der Waals surface area contributed by atoms with Crippen molar-refractivity contribution in [2.45, 2.75) is 25.4 Å². The summed E-state index contributed by atoms with van der Waals surface area (Å²) in [6.45, 7) is -2.19. The summed E-state index contributed by atoms with van der Waals surface area (Å²) in [4.78, 5) is 77.9. The fourth-order valence-electron chi connectivity index (χ4n) is 3.58. The van der Waals surface area contributed by atoms with E-state index in [4.69, 9.17) is 9.47 Å². The van der Waals surface area contributed by atoms with Crippen molar-refractivity contribution in [3.8, 4) is 0 Å². The predicted molar refractivity (Wildman–Crippen MR) is 145 cm³/mol. The number of amides is 3. The van der Waals surface area contributed by atoms with E-state index in [1.807, 2.05) is 0 Å². The van der Waals surface area contributed by atoms with Crippen LogP contribution in [-0.2, 0) is 37.1 Å². The lowest BCUT2D eigenvalue weighted by Gasteiger charge is -2.37. The van der Waals surface area contributed by atoms with Crippen molar-refractivity contribution in [1.82, 2.24) is 20.6 Å². The largest absolute Gasteiger partial charge is 0.492 e. The highest BCUT2D eigenvalue weighted by atomic mass is 19.4. The molecule has 0 atom stereocenters. The maximum absolute atomic E-state index is 13.0. The Hall–Kier alpha value is -5.86. The summed E-state index contributed by atoms with van der Waals surface area (Å²) in [5.74, 6) is -3.83. The Morgan fingerprint density at radius 1 is 0.935 bits per heavy atom. The highest BCUT2D eigenvalue weighted by Crippen LogP contribution is 2.20. The smallest absolute Gasteiger partial charge is 0.444 e. The van der Waals surface area contributed by atoms with Gasteiger partial charge in [-0.3, -0.25) is 25.0 Å². The number of carbonyl (C=O) groups excluding carboxylic acids is 4. The molecule has 18 nitrogen and oxygen atoms in total. The first-order chi connectivity index (χ1) is 21.7. The molecule has 1 heterocycles. The first-order valence-electron chi connectivity index (χ1n) is 12.8. The number of hydrogen-bond acceptors (Lipinski definition) is 12. The van der Waals surface area contributed by atoms with Crippen molar-refractivity contribution in [2.24, 2.45) is 4.99 Å². The van der Waals surface area contributed by atoms with Crippen molar-refractivity contribution < 1.29 is 56.5 Å². The molecule has 0 aliphatic carbocycles. The zero-order chi connectivity index (χ0) is 34.0. The van der Waals surface area contributed by atoms with Gasteiger partial charge in [0.25, 0.3) is 11.4 Å². The Balaban J connectivity index is 1.67. The number of halogens is 3. The molecular weight excluding hydrogens is 631 g/mol. The maximum atomic E-state index is 13.0. The summed E-state index contributed by atoms with van der Waals surface area (Å²) >= 11 is 0. The number of nitro groups is 2. The molecule has 2 aromatic rings. The van der Waals surface area contributed by atoms with E-state index in [1.54, 1.807) is 0 Å². The quantitative estimate of drug-likeness (QED) is 0.162. The Bertz CT molecular complexity index is 1500. The molecule has 21 heteroatoms. The molecule has 3 amide bonds. The molecule has 2 N–H and O–H groups in total. The highest BCUT2D eigenvalue weighted by Gasteiger charge is 2.44. The average molecular weight is 655 g/mol. The molecule has 0 unspecified atom stereocenters. The number of ether oxygens (including phenoxy) is 2. The number of rotatable bonds is 10. The number of nitro benzene ring substituents is 2. The third-order valence-electron chi connectivity index (χ3n) is 5.87. The van der Waals surface area contributed by atoms with Gasteiger partial charge >= 0.3 is 24.3 Å². The fourth-order valence-corrected chi connectivity index (χ4v) is 3.58. The summed E-state index contributed by atoms with van der Waals surface area (Å²) in [5, 5.41) is 27.2. The summed E-state index contributed by atoms with van der Waals surface area (Å²) in [6, 6.07) is 9.26.